The molecule has 1 N–H and O–H groups in total. The average Bonchev–Trinajstić information content (AvgIpc) is 2.13. The molecule has 0 aromatic heterocycles. The Morgan fingerprint density at radius 3 is 2.50 bits per heavy atom. The molecule has 0 rings (SSSR count). The van der Waals surface area contributed by atoms with Crippen LogP contribution in [0.2, 0.25) is 0 Å². The van der Waals surface area contributed by atoms with E-state index in [0.717, 1.165) is 12.8 Å². The minimum Gasteiger partial charge on any atom is -0.377 e. The van der Waals surface area contributed by atoms with Crippen LogP contribution in [0.25, 0.3) is 0 Å². The monoisotopic (exact) mass is 171 g/mol. The maximum Gasteiger partial charge on any atom is 0.0803 e. The van der Waals surface area contributed by atoms with Crippen molar-refractivity contribution in [1.29, 1.82) is 0 Å². The molecule has 0 spiro atoms. The Labute approximate surface area is 76.0 Å². The number of nitrogens with one attached hydrogen (secondary N) is 1. The zero-order valence-electron chi connectivity index (χ0n) is 8.68. The van der Waals surface area contributed by atoms with Gasteiger partial charge in [0.1, 0.15) is 0 Å². The van der Waals surface area contributed by atoms with Crippen LogP contribution in [0.1, 0.15) is 26.7 Å². The fourth-order valence-corrected chi connectivity index (χ4v) is 1.37. The van der Waals surface area contributed by atoms with Crippen LogP contribution in [0.5, 0.6) is 0 Å². The summed E-state index contributed by atoms with van der Waals surface area (Å²) in [6.07, 6.45) is 3.87. The molecule has 0 aromatic rings. The summed E-state index contributed by atoms with van der Waals surface area (Å²) in [6, 6.07) is 0.352. The maximum atomic E-state index is 5.48. The third-order valence-corrected chi connectivity index (χ3v) is 2.66. The molecule has 0 aromatic carbocycles. The highest BCUT2D eigenvalue weighted by Crippen LogP contribution is 2.21. The molecule has 0 heterocycles. The van der Waals surface area contributed by atoms with Crippen LogP contribution in [0.4, 0.5) is 0 Å². The molecule has 2 unspecified atom stereocenters. The molecule has 72 valence electrons. The van der Waals surface area contributed by atoms with Gasteiger partial charge in [0, 0.05) is 13.2 Å². The summed E-state index contributed by atoms with van der Waals surface area (Å²) in [4.78, 5) is 0. The van der Waals surface area contributed by atoms with Crippen LogP contribution >= 0.6 is 0 Å². The normalized spacial score (nSPS) is 18.3. The fraction of sp³-hybridized carbons (Fsp3) is 0.800. The van der Waals surface area contributed by atoms with Crippen molar-refractivity contribution < 1.29 is 4.74 Å². The number of hydrogen-bond acceptors (Lipinski definition) is 2. The quantitative estimate of drug-likeness (QED) is 0.617. The first kappa shape index (κ1) is 11.7. The van der Waals surface area contributed by atoms with E-state index in [-0.39, 0.29) is 5.60 Å². The Bertz CT molecular complexity index is 130. The smallest absolute Gasteiger partial charge is 0.0803 e. The van der Waals surface area contributed by atoms with Crippen molar-refractivity contribution in [3.8, 4) is 0 Å². The zero-order valence-corrected chi connectivity index (χ0v) is 8.68. The number of likely N-dealkylation sites (N-methyl/N-ethyl adjacent to an activating group) is 1. The third-order valence-electron chi connectivity index (χ3n) is 2.66. The van der Waals surface area contributed by atoms with Gasteiger partial charge in [-0.05, 0) is 26.8 Å². The number of methoxy groups -OCH3 is 1. The molecule has 2 heteroatoms. The van der Waals surface area contributed by atoms with Crippen molar-refractivity contribution in [2.45, 2.75) is 38.3 Å². The first-order valence-corrected chi connectivity index (χ1v) is 4.48. The molecule has 0 bridgehead atoms. The van der Waals surface area contributed by atoms with Gasteiger partial charge in [-0.25, -0.2) is 0 Å². The van der Waals surface area contributed by atoms with Crippen molar-refractivity contribution in [2.24, 2.45) is 0 Å². The Kier molecular flexibility index (Phi) is 5.18. The SMILES string of the molecule is C=CCC(NC)C(C)(CC)OC. The molecule has 0 aliphatic rings. The summed E-state index contributed by atoms with van der Waals surface area (Å²) in [5.41, 5.74) is -0.0804. The van der Waals surface area contributed by atoms with Gasteiger partial charge in [-0.1, -0.05) is 13.0 Å². The van der Waals surface area contributed by atoms with E-state index >= 15 is 0 Å². The van der Waals surface area contributed by atoms with Crippen LogP contribution in [0, 0.1) is 0 Å². The third kappa shape index (κ3) is 2.61. The molecule has 0 aliphatic carbocycles. The summed E-state index contributed by atoms with van der Waals surface area (Å²) in [5, 5.41) is 3.25. The number of rotatable bonds is 6. The summed E-state index contributed by atoms with van der Waals surface area (Å²) in [6.45, 7) is 7.99. The first-order chi connectivity index (χ1) is 5.64. The summed E-state index contributed by atoms with van der Waals surface area (Å²) in [7, 11) is 3.72. The van der Waals surface area contributed by atoms with Gasteiger partial charge in [-0.15, -0.1) is 6.58 Å². The molecule has 0 fully saturated rings. The maximum absolute atomic E-state index is 5.48. The minimum absolute atomic E-state index is 0.0804. The Balaban J connectivity index is 4.31. The van der Waals surface area contributed by atoms with Gasteiger partial charge < -0.3 is 10.1 Å². The minimum atomic E-state index is -0.0804. The van der Waals surface area contributed by atoms with E-state index in [0.29, 0.717) is 6.04 Å². The Morgan fingerprint density at radius 2 is 2.25 bits per heavy atom. The van der Waals surface area contributed by atoms with E-state index < -0.39 is 0 Å². The van der Waals surface area contributed by atoms with Crippen molar-refractivity contribution in [2.75, 3.05) is 14.2 Å². The van der Waals surface area contributed by atoms with E-state index in [1.165, 1.54) is 0 Å². The first-order valence-electron chi connectivity index (χ1n) is 4.48. The Hall–Kier alpha value is -0.340. The van der Waals surface area contributed by atoms with Crippen molar-refractivity contribution in [3.63, 3.8) is 0 Å². The predicted molar refractivity (Wildman–Crippen MR) is 53.4 cm³/mol. The van der Waals surface area contributed by atoms with Gasteiger partial charge in [0.15, 0.2) is 0 Å². The van der Waals surface area contributed by atoms with Crippen LogP contribution in [0.15, 0.2) is 12.7 Å². The van der Waals surface area contributed by atoms with Gasteiger partial charge in [0.05, 0.1) is 5.60 Å². The zero-order chi connectivity index (χ0) is 9.61. The van der Waals surface area contributed by atoms with Crippen LogP contribution < -0.4 is 5.32 Å². The van der Waals surface area contributed by atoms with Crippen LogP contribution in [-0.2, 0) is 4.74 Å². The second-order valence-electron chi connectivity index (χ2n) is 3.24. The Morgan fingerprint density at radius 1 is 1.67 bits per heavy atom. The van der Waals surface area contributed by atoms with E-state index in [2.05, 4.69) is 25.7 Å². The topological polar surface area (TPSA) is 21.3 Å². The predicted octanol–water partition coefficient (Wildman–Crippen LogP) is 1.97. The van der Waals surface area contributed by atoms with Crippen molar-refractivity contribution in [3.05, 3.63) is 12.7 Å². The van der Waals surface area contributed by atoms with Gasteiger partial charge in [0.2, 0.25) is 0 Å². The molecule has 0 saturated carbocycles. The van der Waals surface area contributed by atoms with E-state index in [1.807, 2.05) is 13.1 Å². The molecule has 12 heavy (non-hydrogen) atoms. The molecule has 0 aliphatic heterocycles. The standard InChI is InChI=1S/C10H21NO/c1-6-8-9(11-4)10(3,7-2)12-5/h6,9,11H,1,7-8H2,2-5H3. The van der Waals surface area contributed by atoms with Gasteiger partial charge >= 0.3 is 0 Å². The van der Waals surface area contributed by atoms with Crippen molar-refractivity contribution >= 4 is 0 Å². The van der Waals surface area contributed by atoms with Gasteiger partial charge in [-0.2, -0.15) is 0 Å². The molecule has 0 radical (unpaired) electrons. The molecule has 2 atom stereocenters. The lowest BCUT2D eigenvalue weighted by molar-refractivity contribution is -0.0261. The lowest BCUT2D eigenvalue weighted by Crippen LogP contribution is -2.48. The van der Waals surface area contributed by atoms with Gasteiger partial charge in [-0.3, -0.25) is 0 Å². The van der Waals surface area contributed by atoms with Gasteiger partial charge in [0.25, 0.3) is 0 Å². The summed E-state index contributed by atoms with van der Waals surface area (Å²) in [5.74, 6) is 0. The fourth-order valence-electron chi connectivity index (χ4n) is 1.37. The average molecular weight is 171 g/mol. The van der Waals surface area contributed by atoms with Crippen LogP contribution in [-0.4, -0.2) is 25.8 Å². The summed E-state index contributed by atoms with van der Waals surface area (Å²) < 4.78 is 5.48. The molecule has 0 amide bonds. The molecule has 2 nitrogen and oxygen atoms in total. The second-order valence-corrected chi connectivity index (χ2v) is 3.24. The number of ether oxygens (including phenoxy) is 1. The highest BCUT2D eigenvalue weighted by Gasteiger charge is 2.30. The van der Waals surface area contributed by atoms with E-state index in [4.69, 9.17) is 4.74 Å². The molecular weight excluding hydrogens is 150 g/mol. The lowest BCUT2D eigenvalue weighted by Gasteiger charge is -2.35. The van der Waals surface area contributed by atoms with Crippen molar-refractivity contribution in [1.82, 2.24) is 5.32 Å². The second kappa shape index (κ2) is 5.33. The lowest BCUT2D eigenvalue weighted by atomic mass is 9.91. The highest BCUT2D eigenvalue weighted by atomic mass is 16.5. The number of hydrogen-bond donors (Lipinski definition) is 1. The largest absolute Gasteiger partial charge is 0.377 e. The summed E-state index contributed by atoms with van der Waals surface area (Å²) >= 11 is 0. The highest BCUT2D eigenvalue weighted by molar-refractivity contribution is 4.91. The van der Waals surface area contributed by atoms with E-state index in [9.17, 15) is 0 Å². The van der Waals surface area contributed by atoms with Crippen LogP contribution in [0.3, 0.4) is 0 Å². The molecule has 0 saturated heterocycles. The van der Waals surface area contributed by atoms with E-state index in [1.54, 1.807) is 7.11 Å². The molecular formula is C10H21NO.